The molecule has 0 radical (unpaired) electrons. The fraction of sp³-hybridized carbons (Fsp3) is 0.455. The van der Waals surface area contributed by atoms with Crippen molar-refractivity contribution in [3.8, 4) is 5.75 Å². The highest BCUT2D eigenvalue weighted by Crippen LogP contribution is 2.19. The van der Waals surface area contributed by atoms with Gasteiger partial charge in [-0.15, -0.1) is 0 Å². The summed E-state index contributed by atoms with van der Waals surface area (Å²) in [5, 5.41) is 12.1. The molecule has 0 bridgehead atoms. The number of phenols is 1. The maximum absolute atomic E-state index is 13.0. The summed E-state index contributed by atoms with van der Waals surface area (Å²) in [7, 11) is 0. The van der Waals surface area contributed by atoms with Crippen molar-refractivity contribution in [3.05, 3.63) is 24.0 Å². The van der Waals surface area contributed by atoms with Gasteiger partial charge in [0.25, 0.3) is 0 Å². The molecule has 1 atom stereocenters. The Morgan fingerprint density at radius 1 is 1.53 bits per heavy atom. The van der Waals surface area contributed by atoms with Crippen LogP contribution in [0.5, 0.6) is 5.75 Å². The van der Waals surface area contributed by atoms with Crippen molar-refractivity contribution in [3.63, 3.8) is 0 Å². The van der Waals surface area contributed by atoms with Gasteiger partial charge < -0.3 is 15.2 Å². The predicted octanol–water partition coefficient (Wildman–Crippen LogP) is 2.37. The van der Waals surface area contributed by atoms with Crippen LogP contribution in [-0.4, -0.2) is 24.4 Å². The van der Waals surface area contributed by atoms with E-state index in [1.54, 1.807) is 6.07 Å². The SMILES string of the molecule is CCOCC(C)Nc1ccc(O)c(F)c1. The highest BCUT2D eigenvalue weighted by Gasteiger charge is 2.04. The molecule has 0 aromatic heterocycles. The minimum Gasteiger partial charge on any atom is -0.505 e. The van der Waals surface area contributed by atoms with Gasteiger partial charge in [-0.2, -0.15) is 0 Å². The number of phenolic OH excluding ortho intramolecular Hbond substituents is 1. The fourth-order valence-corrected chi connectivity index (χ4v) is 1.22. The molecule has 0 saturated heterocycles. The van der Waals surface area contributed by atoms with Gasteiger partial charge in [0.05, 0.1) is 6.61 Å². The van der Waals surface area contributed by atoms with E-state index in [-0.39, 0.29) is 11.8 Å². The third-order valence-electron chi connectivity index (χ3n) is 1.93. The summed E-state index contributed by atoms with van der Waals surface area (Å²) >= 11 is 0. The first kappa shape index (κ1) is 11.8. The summed E-state index contributed by atoms with van der Waals surface area (Å²) in [5.41, 5.74) is 0.637. The normalized spacial score (nSPS) is 12.5. The molecule has 0 amide bonds. The Bertz CT molecular complexity index is 317. The van der Waals surface area contributed by atoms with Gasteiger partial charge in [0.15, 0.2) is 11.6 Å². The Labute approximate surface area is 88.9 Å². The number of benzene rings is 1. The molecule has 84 valence electrons. The zero-order valence-corrected chi connectivity index (χ0v) is 8.96. The number of nitrogens with one attached hydrogen (secondary N) is 1. The summed E-state index contributed by atoms with van der Waals surface area (Å²) in [6, 6.07) is 4.32. The number of ether oxygens (including phenoxy) is 1. The minimum atomic E-state index is -0.622. The van der Waals surface area contributed by atoms with Crippen molar-refractivity contribution >= 4 is 5.69 Å². The quantitative estimate of drug-likeness (QED) is 0.738. The third kappa shape index (κ3) is 3.75. The number of aromatic hydroxyl groups is 1. The van der Waals surface area contributed by atoms with Crippen LogP contribution in [0.3, 0.4) is 0 Å². The van der Waals surface area contributed by atoms with Crippen LogP contribution >= 0.6 is 0 Å². The first-order valence-electron chi connectivity index (χ1n) is 4.96. The van der Waals surface area contributed by atoms with Crippen LogP contribution in [0.2, 0.25) is 0 Å². The van der Waals surface area contributed by atoms with Crippen LogP contribution in [-0.2, 0) is 4.74 Å². The van der Waals surface area contributed by atoms with Crippen molar-refractivity contribution in [1.29, 1.82) is 0 Å². The first-order chi connectivity index (χ1) is 7.13. The summed E-state index contributed by atoms with van der Waals surface area (Å²) < 4.78 is 18.2. The van der Waals surface area contributed by atoms with E-state index in [2.05, 4.69) is 5.32 Å². The summed E-state index contributed by atoms with van der Waals surface area (Å²) in [4.78, 5) is 0. The van der Waals surface area contributed by atoms with Crippen molar-refractivity contribution < 1.29 is 14.2 Å². The zero-order valence-electron chi connectivity index (χ0n) is 8.96. The Morgan fingerprint density at radius 2 is 2.27 bits per heavy atom. The first-order valence-corrected chi connectivity index (χ1v) is 4.96. The molecule has 4 heteroatoms. The summed E-state index contributed by atoms with van der Waals surface area (Å²) in [6.45, 7) is 5.10. The van der Waals surface area contributed by atoms with Gasteiger partial charge >= 0.3 is 0 Å². The van der Waals surface area contributed by atoms with Gasteiger partial charge in [0, 0.05) is 24.4 Å². The molecule has 0 aliphatic carbocycles. The standard InChI is InChI=1S/C11H16FNO2/c1-3-15-7-8(2)13-9-4-5-11(14)10(12)6-9/h4-6,8,13-14H,3,7H2,1-2H3. The van der Waals surface area contributed by atoms with Crippen LogP contribution in [0.15, 0.2) is 18.2 Å². The van der Waals surface area contributed by atoms with Crippen LogP contribution in [0, 0.1) is 5.82 Å². The lowest BCUT2D eigenvalue weighted by Gasteiger charge is -2.15. The molecule has 1 aromatic rings. The second kappa shape index (κ2) is 5.56. The second-order valence-electron chi connectivity index (χ2n) is 3.37. The Balaban J connectivity index is 2.53. The van der Waals surface area contributed by atoms with E-state index < -0.39 is 5.82 Å². The van der Waals surface area contributed by atoms with Crippen molar-refractivity contribution in [1.82, 2.24) is 0 Å². The number of hydrogen-bond acceptors (Lipinski definition) is 3. The average molecular weight is 213 g/mol. The van der Waals surface area contributed by atoms with E-state index in [0.717, 1.165) is 0 Å². The molecular weight excluding hydrogens is 197 g/mol. The molecule has 0 aliphatic heterocycles. The summed E-state index contributed by atoms with van der Waals surface area (Å²) in [6.07, 6.45) is 0. The molecule has 3 nitrogen and oxygen atoms in total. The summed E-state index contributed by atoms with van der Waals surface area (Å²) in [5.74, 6) is -0.957. The Hall–Kier alpha value is -1.29. The molecule has 1 aromatic carbocycles. The monoisotopic (exact) mass is 213 g/mol. The van der Waals surface area contributed by atoms with Crippen molar-refractivity contribution in [2.45, 2.75) is 19.9 Å². The molecule has 2 N–H and O–H groups in total. The van der Waals surface area contributed by atoms with Gasteiger partial charge in [0.2, 0.25) is 0 Å². The fourth-order valence-electron chi connectivity index (χ4n) is 1.22. The van der Waals surface area contributed by atoms with Crippen LogP contribution in [0.25, 0.3) is 0 Å². The molecule has 0 heterocycles. The van der Waals surface area contributed by atoms with Crippen molar-refractivity contribution in [2.75, 3.05) is 18.5 Å². The van der Waals surface area contributed by atoms with Gasteiger partial charge in [-0.3, -0.25) is 0 Å². The molecule has 1 unspecified atom stereocenters. The highest BCUT2D eigenvalue weighted by molar-refractivity contribution is 5.47. The van der Waals surface area contributed by atoms with Crippen LogP contribution < -0.4 is 5.32 Å². The number of hydrogen-bond donors (Lipinski definition) is 2. The molecule has 0 fully saturated rings. The van der Waals surface area contributed by atoms with E-state index in [9.17, 15) is 4.39 Å². The molecule has 0 spiro atoms. The molecule has 0 aliphatic rings. The van der Waals surface area contributed by atoms with Crippen molar-refractivity contribution in [2.24, 2.45) is 0 Å². The molecule has 1 rings (SSSR count). The van der Waals surface area contributed by atoms with Gasteiger partial charge in [-0.1, -0.05) is 0 Å². The lowest BCUT2D eigenvalue weighted by atomic mass is 10.2. The number of halogens is 1. The molecular formula is C11H16FNO2. The Kier molecular flexibility index (Phi) is 4.37. The predicted molar refractivity (Wildman–Crippen MR) is 57.6 cm³/mol. The molecule has 0 saturated carbocycles. The van der Waals surface area contributed by atoms with E-state index in [0.29, 0.717) is 18.9 Å². The molecule has 15 heavy (non-hydrogen) atoms. The Morgan fingerprint density at radius 3 is 2.87 bits per heavy atom. The van der Waals surface area contributed by atoms with E-state index in [4.69, 9.17) is 9.84 Å². The minimum absolute atomic E-state index is 0.105. The van der Waals surface area contributed by atoms with Crippen LogP contribution in [0.4, 0.5) is 10.1 Å². The lowest BCUT2D eigenvalue weighted by Crippen LogP contribution is -2.21. The second-order valence-corrected chi connectivity index (χ2v) is 3.37. The van der Waals surface area contributed by atoms with E-state index in [1.807, 2.05) is 13.8 Å². The van der Waals surface area contributed by atoms with Gasteiger partial charge in [-0.05, 0) is 26.0 Å². The number of anilines is 1. The highest BCUT2D eigenvalue weighted by atomic mass is 19.1. The number of rotatable bonds is 5. The third-order valence-corrected chi connectivity index (χ3v) is 1.93. The maximum Gasteiger partial charge on any atom is 0.166 e. The maximum atomic E-state index is 13.0. The topological polar surface area (TPSA) is 41.5 Å². The van der Waals surface area contributed by atoms with E-state index >= 15 is 0 Å². The largest absolute Gasteiger partial charge is 0.505 e. The average Bonchev–Trinajstić information content (AvgIpc) is 2.20. The lowest BCUT2D eigenvalue weighted by molar-refractivity contribution is 0.141. The van der Waals surface area contributed by atoms with E-state index in [1.165, 1.54) is 12.1 Å². The smallest absolute Gasteiger partial charge is 0.166 e. The van der Waals surface area contributed by atoms with Gasteiger partial charge in [0.1, 0.15) is 0 Å². The zero-order chi connectivity index (χ0) is 11.3. The van der Waals surface area contributed by atoms with Gasteiger partial charge in [-0.25, -0.2) is 4.39 Å². The van der Waals surface area contributed by atoms with Crippen LogP contribution in [0.1, 0.15) is 13.8 Å².